The van der Waals surface area contributed by atoms with Crippen LogP contribution in [-0.2, 0) is 7.05 Å². The number of rotatable bonds is 2. The van der Waals surface area contributed by atoms with Crippen LogP contribution in [0, 0.1) is 11.3 Å². The lowest BCUT2D eigenvalue weighted by atomic mass is 10.1. The molecule has 0 atom stereocenters. The Morgan fingerprint density at radius 3 is 2.52 bits per heavy atom. The lowest BCUT2D eigenvalue weighted by Crippen LogP contribution is -1.96. The number of aromatic nitrogens is 2. The molecule has 4 nitrogen and oxygen atoms in total. The van der Waals surface area contributed by atoms with E-state index in [2.05, 4.69) is 42.9 Å². The number of benzene rings is 2. The van der Waals surface area contributed by atoms with E-state index in [1.54, 1.807) is 18.2 Å². The SMILES string of the molecule is Cn1c(C(C#N)=Cc2cc(Br)c(O)c(Br)c2)nc2ccccc21. The van der Waals surface area contributed by atoms with E-state index in [1.165, 1.54) is 0 Å². The van der Waals surface area contributed by atoms with Gasteiger partial charge in [0.15, 0.2) is 5.82 Å². The zero-order chi connectivity index (χ0) is 16.6. The predicted octanol–water partition coefficient (Wildman–Crippen LogP) is 4.87. The highest BCUT2D eigenvalue weighted by Crippen LogP contribution is 2.34. The first-order chi connectivity index (χ1) is 11.0. The van der Waals surface area contributed by atoms with Gasteiger partial charge in [-0.05, 0) is 67.8 Å². The molecule has 0 aliphatic carbocycles. The van der Waals surface area contributed by atoms with Crippen LogP contribution in [0.3, 0.4) is 0 Å². The molecule has 0 radical (unpaired) electrons. The van der Waals surface area contributed by atoms with E-state index in [0.717, 1.165) is 16.6 Å². The summed E-state index contributed by atoms with van der Waals surface area (Å²) in [6, 6.07) is 13.5. The number of allylic oxidation sites excluding steroid dienone is 1. The lowest BCUT2D eigenvalue weighted by molar-refractivity contribution is 0.468. The maximum absolute atomic E-state index is 9.78. The molecule has 0 saturated heterocycles. The molecule has 23 heavy (non-hydrogen) atoms. The first kappa shape index (κ1) is 15.8. The van der Waals surface area contributed by atoms with Crippen LogP contribution >= 0.6 is 31.9 Å². The first-order valence-corrected chi connectivity index (χ1v) is 8.31. The summed E-state index contributed by atoms with van der Waals surface area (Å²) in [4.78, 5) is 4.54. The van der Waals surface area contributed by atoms with Gasteiger partial charge in [0.25, 0.3) is 0 Å². The van der Waals surface area contributed by atoms with Crippen LogP contribution in [0.15, 0.2) is 45.3 Å². The molecule has 3 aromatic rings. The Morgan fingerprint density at radius 2 is 1.91 bits per heavy atom. The topological polar surface area (TPSA) is 61.8 Å². The normalized spacial score (nSPS) is 11.7. The number of imidazole rings is 1. The van der Waals surface area contributed by atoms with Crippen LogP contribution < -0.4 is 0 Å². The van der Waals surface area contributed by atoms with Gasteiger partial charge in [-0.2, -0.15) is 5.26 Å². The van der Waals surface area contributed by atoms with Crippen LogP contribution in [0.2, 0.25) is 0 Å². The van der Waals surface area contributed by atoms with E-state index in [9.17, 15) is 10.4 Å². The van der Waals surface area contributed by atoms with Crippen molar-refractivity contribution in [3.05, 3.63) is 56.7 Å². The summed E-state index contributed by atoms with van der Waals surface area (Å²) >= 11 is 6.59. The first-order valence-electron chi connectivity index (χ1n) is 6.73. The van der Waals surface area contributed by atoms with Crippen molar-refractivity contribution in [1.82, 2.24) is 9.55 Å². The predicted molar refractivity (Wildman–Crippen MR) is 97.7 cm³/mol. The summed E-state index contributed by atoms with van der Waals surface area (Å²) < 4.78 is 3.01. The molecule has 3 rings (SSSR count). The summed E-state index contributed by atoms with van der Waals surface area (Å²) in [6.07, 6.45) is 1.75. The van der Waals surface area contributed by atoms with Crippen molar-refractivity contribution < 1.29 is 5.11 Å². The largest absolute Gasteiger partial charge is 0.506 e. The fraction of sp³-hybridized carbons (Fsp3) is 0.0588. The molecule has 1 N–H and O–H groups in total. The molecular weight excluding hydrogens is 422 g/mol. The van der Waals surface area contributed by atoms with E-state index >= 15 is 0 Å². The van der Waals surface area contributed by atoms with Crippen LogP contribution in [0.1, 0.15) is 11.4 Å². The maximum Gasteiger partial charge on any atom is 0.151 e. The van der Waals surface area contributed by atoms with Gasteiger partial charge in [-0.25, -0.2) is 4.98 Å². The fourth-order valence-corrected chi connectivity index (χ4v) is 3.59. The van der Waals surface area contributed by atoms with Gasteiger partial charge >= 0.3 is 0 Å². The van der Waals surface area contributed by atoms with E-state index in [1.807, 2.05) is 35.9 Å². The molecule has 1 heterocycles. The minimum absolute atomic E-state index is 0.128. The van der Waals surface area contributed by atoms with Crippen molar-refractivity contribution in [1.29, 1.82) is 5.26 Å². The van der Waals surface area contributed by atoms with E-state index in [-0.39, 0.29) is 5.75 Å². The summed E-state index contributed by atoms with van der Waals surface area (Å²) in [5.74, 6) is 0.734. The van der Waals surface area contributed by atoms with Gasteiger partial charge < -0.3 is 9.67 Å². The highest BCUT2D eigenvalue weighted by molar-refractivity contribution is 9.11. The standard InChI is InChI=1S/C17H11Br2N3O/c1-22-15-5-3-2-4-14(15)21-17(22)11(9-20)6-10-7-12(18)16(23)13(19)8-10/h2-8,23H,1H3. The number of aryl methyl sites for hydroxylation is 1. The third-order valence-corrected chi connectivity index (χ3v) is 4.71. The summed E-state index contributed by atoms with van der Waals surface area (Å²) in [6.45, 7) is 0. The van der Waals surface area contributed by atoms with E-state index < -0.39 is 0 Å². The average Bonchev–Trinajstić information content (AvgIpc) is 2.87. The minimum Gasteiger partial charge on any atom is -0.506 e. The molecular formula is C17H11Br2N3O. The summed E-state index contributed by atoms with van der Waals surface area (Å²) in [5, 5.41) is 19.3. The van der Waals surface area contributed by atoms with Gasteiger partial charge in [-0.3, -0.25) is 0 Å². The quantitative estimate of drug-likeness (QED) is 0.587. The molecule has 114 valence electrons. The molecule has 0 spiro atoms. The molecule has 1 aromatic heterocycles. The highest BCUT2D eigenvalue weighted by atomic mass is 79.9. The van der Waals surface area contributed by atoms with Gasteiger partial charge in [0, 0.05) is 7.05 Å². The Morgan fingerprint density at radius 1 is 1.26 bits per heavy atom. The van der Waals surface area contributed by atoms with Crippen LogP contribution in [0.5, 0.6) is 5.75 Å². The summed E-state index contributed by atoms with van der Waals surface area (Å²) in [5.41, 5.74) is 3.05. The Labute approximate surface area is 150 Å². The maximum atomic E-state index is 9.78. The lowest BCUT2D eigenvalue weighted by Gasteiger charge is -2.04. The zero-order valence-corrected chi connectivity index (χ0v) is 15.3. The van der Waals surface area contributed by atoms with Crippen molar-refractivity contribution in [2.75, 3.05) is 0 Å². The number of hydrogen-bond acceptors (Lipinski definition) is 3. The Kier molecular flexibility index (Phi) is 4.24. The number of fused-ring (bicyclic) bond motifs is 1. The number of para-hydroxylation sites is 2. The van der Waals surface area contributed by atoms with Gasteiger partial charge in [0.2, 0.25) is 0 Å². The van der Waals surface area contributed by atoms with Crippen molar-refractivity contribution in [3.63, 3.8) is 0 Å². The molecule has 0 aliphatic heterocycles. The second-order valence-corrected chi connectivity index (χ2v) is 6.69. The second-order valence-electron chi connectivity index (χ2n) is 4.99. The number of phenolic OH excluding ortho intramolecular Hbond substituents is 1. The Balaban J connectivity index is 2.15. The van der Waals surface area contributed by atoms with Crippen molar-refractivity contribution in [2.45, 2.75) is 0 Å². The monoisotopic (exact) mass is 431 g/mol. The Bertz CT molecular complexity index is 960. The molecule has 0 bridgehead atoms. The van der Waals surface area contributed by atoms with Crippen molar-refractivity contribution >= 4 is 54.5 Å². The number of aromatic hydroxyl groups is 1. The average molecular weight is 433 g/mol. The number of halogens is 2. The Hall–Kier alpha value is -2.10. The van der Waals surface area contributed by atoms with Gasteiger partial charge in [0.1, 0.15) is 11.8 Å². The van der Waals surface area contributed by atoms with E-state index in [0.29, 0.717) is 20.3 Å². The minimum atomic E-state index is 0.128. The number of nitriles is 1. The van der Waals surface area contributed by atoms with Gasteiger partial charge in [-0.15, -0.1) is 0 Å². The molecule has 0 amide bonds. The fourth-order valence-electron chi connectivity index (χ4n) is 2.37. The zero-order valence-electron chi connectivity index (χ0n) is 12.1. The van der Waals surface area contributed by atoms with E-state index in [4.69, 9.17) is 0 Å². The van der Waals surface area contributed by atoms with Crippen LogP contribution in [0.25, 0.3) is 22.7 Å². The molecule has 6 heteroatoms. The number of nitrogens with zero attached hydrogens (tertiary/aromatic N) is 3. The highest BCUT2D eigenvalue weighted by Gasteiger charge is 2.12. The van der Waals surface area contributed by atoms with Gasteiger partial charge in [0.05, 0.1) is 25.6 Å². The summed E-state index contributed by atoms with van der Waals surface area (Å²) in [7, 11) is 1.89. The number of hydrogen-bond donors (Lipinski definition) is 1. The van der Waals surface area contributed by atoms with Gasteiger partial charge in [-0.1, -0.05) is 12.1 Å². The molecule has 0 fully saturated rings. The third-order valence-electron chi connectivity index (χ3n) is 3.50. The van der Waals surface area contributed by atoms with Crippen LogP contribution in [0.4, 0.5) is 0 Å². The third kappa shape index (κ3) is 2.90. The smallest absolute Gasteiger partial charge is 0.151 e. The second kappa shape index (κ2) is 6.19. The van der Waals surface area contributed by atoms with Crippen LogP contribution in [-0.4, -0.2) is 14.7 Å². The van der Waals surface area contributed by atoms with Crippen molar-refractivity contribution in [2.24, 2.45) is 7.05 Å². The van der Waals surface area contributed by atoms with Crippen molar-refractivity contribution in [3.8, 4) is 11.8 Å². The number of phenols is 1. The molecule has 0 unspecified atom stereocenters. The molecule has 2 aromatic carbocycles. The molecule has 0 aliphatic rings. The molecule has 0 saturated carbocycles.